The van der Waals surface area contributed by atoms with Crippen molar-refractivity contribution in [1.29, 1.82) is 0 Å². The molecule has 2 aromatic heterocycles. The zero-order valence-corrected chi connectivity index (χ0v) is 14.9. The lowest BCUT2D eigenvalue weighted by molar-refractivity contribution is 0.100. The minimum Gasteiger partial charge on any atom is -0.365 e. The summed E-state index contributed by atoms with van der Waals surface area (Å²) in [6.07, 6.45) is 3.65. The Morgan fingerprint density at radius 3 is 2.56 bits per heavy atom. The first kappa shape index (κ1) is 16.8. The van der Waals surface area contributed by atoms with Gasteiger partial charge in [0.15, 0.2) is 11.5 Å². The third kappa shape index (κ3) is 3.42. The number of benzene rings is 1. The molecule has 2 heterocycles. The molecule has 3 rings (SSSR count). The maximum absolute atomic E-state index is 11.7. The molecule has 0 fully saturated rings. The Kier molecular flexibility index (Phi) is 4.12. The SMILES string of the molecule is C/C(=C\c1ccccc1)c1nc2c(C(N)=O)c[nH]n2c1NC(C)(C)C. The van der Waals surface area contributed by atoms with Crippen LogP contribution in [0.2, 0.25) is 0 Å². The topological polar surface area (TPSA) is 88.2 Å². The van der Waals surface area contributed by atoms with Crippen LogP contribution < -0.4 is 11.1 Å². The van der Waals surface area contributed by atoms with Crippen LogP contribution in [-0.2, 0) is 0 Å². The Balaban J connectivity index is 2.17. The normalized spacial score (nSPS) is 12.6. The maximum atomic E-state index is 11.7. The Morgan fingerprint density at radius 2 is 1.96 bits per heavy atom. The number of rotatable bonds is 4. The van der Waals surface area contributed by atoms with E-state index in [2.05, 4.69) is 42.2 Å². The number of aromatic amines is 1. The Bertz CT molecular complexity index is 942. The summed E-state index contributed by atoms with van der Waals surface area (Å²) in [4.78, 5) is 16.3. The Hall–Kier alpha value is -3.02. The molecule has 4 N–H and O–H groups in total. The summed E-state index contributed by atoms with van der Waals surface area (Å²) in [6, 6.07) is 10.1. The van der Waals surface area contributed by atoms with Crippen LogP contribution in [0.25, 0.3) is 17.3 Å². The molecular weight excluding hydrogens is 314 g/mol. The van der Waals surface area contributed by atoms with E-state index in [1.807, 2.05) is 37.3 Å². The smallest absolute Gasteiger partial charge is 0.254 e. The predicted octanol–water partition coefficient (Wildman–Crippen LogP) is 3.53. The number of hydrogen-bond donors (Lipinski definition) is 3. The van der Waals surface area contributed by atoms with E-state index in [1.54, 1.807) is 10.7 Å². The van der Waals surface area contributed by atoms with E-state index in [0.717, 1.165) is 22.6 Å². The number of anilines is 1. The van der Waals surface area contributed by atoms with Gasteiger partial charge in [-0.1, -0.05) is 30.3 Å². The van der Waals surface area contributed by atoms with Crippen molar-refractivity contribution in [3.05, 3.63) is 53.3 Å². The van der Waals surface area contributed by atoms with Gasteiger partial charge in [0.1, 0.15) is 11.3 Å². The molecule has 130 valence electrons. The number of H-pyrrole nitrogens is 1. The van der Waals surface area contributed by atoms with Crippen LogP contribution in [0.1, 0.15) is 49.3 Å². The van der Waals surface area contributed by atoms with Crippen LogP contribution in [0, 0.1) is 0 Å². The number of aromatic nitrogens is 3. The van der Waals surface area contributed by atoms with Crippen molar-refractivity contribution in [2.24, 2.45) is 5.73 Å². The highest BCUT2D eigenvalue weighted by molar-refractivity contribution is 5.99. The van der Waals surface area contributed by atoms with Crippen molar-refractivity contribution in [1.82, 2.24) is 14.6 Å². The minimum absolute atomic E-state index is 0.171. The summed E-state index contributed by atoms with van der Waals surface area (Å²) in [6.45, 7) is 8.23. The van der Waals surface area contributed by atoms with Crippen molar-refractivity contribution >= 4 is 29.0 Å². The van der Waals surface area contributed by atoms with Crippen LogP contribution in [0.4, 0.5) is 5.82 Å². The molecule has 0 aliphatic carbocycles. The van der Waals surface area contributed by atoms with E-state index in [1.165, 1.54) is 0 Å². The molecule has 25 heavy (non-hydrogen) atoms. The number of carbonyl (C=O) groups excluding carboxylic acids is 1. The fraction of sp³-hybridized carbons (Fsp3) is 0.263. The number of carbonyl (C=O) groups is 1. The van der Waals surface area contributed by atoms with Crippen LogP contribution in [0.15, 0.2) is 36.5 Å². The van der Waals surface area contributed by atoms with Gasteiger partial charge in [-0.3, -0.25) is 9.89 Å². The molecule has 1 amide bonds. The van der Waals surface area contributed by atoms with Crippen LogP contribution >= 0.6 is 0 Å². The molecular formula is C19H23N5O. The minimum atomic E-state index is -0.505. The Labute approximate surface area is 146 Å². The van der Waals surface area contributed by atoms with Gasteiger partial charge in [-0.05, 0) is 44.9 Å². The molecule has 3 aromatic rings. The molecule has 0 spiro atoms. The second-order valence-corrected chi connectivity index (χ2v) is 7.13. The molecule has 0 aliphatic heterocycles. The lowest BCUT2D eigenvalue weighted by Crippen LogP contribution is -2.27. The van der Waals surface area contributed by atoms with Crippen molar-refractivity contribution in [3.8, 4) is 0 Å². The number of allylic oxidation sites excluding steroid dienone is 1. The lowest BCUT2D eigenvalue weighted by atomic mass is 10.1. The van der Waals surface area contributed by atoms with Crippen molar-refractivity contribution in [3.63, 3.8) is 0 Å². The monoisotopic (exact) mass is 337 g/mol. The van der Waals surface area contributed by atoms with Gasteiger partial charge in [0.05, 0.1) is 0 Å². The van der Waals surface area contributed by atoms with Gasteiger partial charge >= 0.3 is 0 Å². The van der Waals surface area contributed by atoms with Gasteiger partial charge in [-0.15, -0.1) is 0 Å². The van der Waals surface area contributed by atoms with Crippen molar-refractivity contribution < 1.29 is 4.79 Å². The van der Waals surface area contributed by atoms with Gasteiger partial charge in [-0.2, -0.15) is 0 Å². The molecule has 0 aliphatic rings. The van der Waals surface area contributed by atoms with Gasteiger partial charge in [0, 0.05) is 11.7 Å². The van der Waals surface area contributed by atoms with Crippen molar-refractivity contribution in [2.45, 2.75) is 33.2 Å². The van der Waals surface area contributed by atoms with Crippen LogP contribution in [0.5, 0.6) is 0 Å². The first-order chi connectivity index (χ1) is 11.8. The summed E-state index contributed by atoms with van der Waals surface area (Å²) in [5, 5.41) is 6.53. The quantitative estimate of drug-likeness (QED) is 0.680. The van der Waals surface area contributed by atoms with Crippen molar-refractivity contribution in [2.75, 3.05) is 5.32 Å². The second-order valence-electron chi connectivity index (χ2n) is 7.13. The number of fused-ring (bicyclic) bond motifs is 1. The number of hydrogen-bond acceptors (Lipinski definition) is 3. The molecule has 0 unspecified atom stereocenters. The van der Waals surface area contributed by atoms with Gasteiger partial charge < -0.3 is 11.1 Å². The average Bonchev–Trinajstić information content (AvgIpc) is 3.07. The fourth-order valence-electron chi connectivity index (χ4n) is 2.71. The summed E-state index contributed by atoms with van der Waals surface area (Å²) in [7, 11) is 0. The summed E-state index contributed by atoms with van der Waals surface area (Å²) in [5.41, 5.74) is 9.05. The summed E-state index contributed by atoms with van der Waals surface area (Å²) in [5.74, 6) is 0.300. The van der Waals surface area contributed by atoms with Crippen LogP contribution in [0.3, 0.4) is 0 Å². The molecule has 0 bridgehead atoms. The van der Waals surface area contributed by atoms with Gasteiger partial charge in [-0.25, -0.2) is 9.50 Å². The number of imidazole rings is 1. The van der Waals surface area contributed by atoms with E-state index in [9.17, 15) is 4.79 Å². The number of nitrogens with two attached hydrogens (primary N) is 1. The van der Waals surface area contributed by atoms with Gasteiger partial charge in [0.25, 0.3) is 5.91 Å². The molecule has 0 atom stereocenters. The average molecular weight is 337 g/mol. The second kappa shape index (κ2) is 6.12. The number of amides is 1. The first-order valence-electron chi connectivity index (χ1n) is 8.18. The molecule has 6 nitrogen and oxygen atoms in total. The first-order valence-corrected chi connectivity index (χ1v) is 8.18. The predicted molar refractivity (Wildman–Crippen MR) is 101 cm³/mol. The molecule has 0 saturated heterocycles. The third-order valence-electron chi connectivity index (χ3n) is 3.77. The lowest BCUT2D eigenvalue weighted by Gasteiger charge is -2.22. The summed E-state index contributed by atoms with van der Waals surface area (Å²) >= 11 is 0. The number of nitrogens with one attached hydrogen (secondary N) is 2. The maximum Gasteiger partial charge on any atom is 0.254 e. The number of nitrogens with zero attached hydrogens (tertiary/aromatic N) is 2. The van der Waals surface area contributed by atoms with E-state index >= 15 is 0 Å². The van der Waals surface area contributed by atoms with Gasteiger partial charge in [0.2, 0.25) is 0 Å². The van der Waals surface area contributed by atoms with E-state index in [0.29, 0.717) is 11.2 Å². The van der Waals surface area contributed by atoms with Crippen LogP contribution in [-0.4, -0.2) is 26.0 Å². The van der Waals surface area contributed by atoms with E-state index < -0.39 is 5.91 Å². The Morgan fingerprint density at radius 1 is 1.28 bits per heavy atom. The highest BCUT2D eigenvalue weighted by atomic mass is 16.1. The standard InChI is InChI=1S/C19H23N5O/c1-12(10-13-8-6-5-7-9-13)15-18(23-19(2,3)4)24-17(22-15)14(11-21-24)16(20)25/h5-11,21,23H,1-4H3,(H2,20,25)/b12-10+. The highest BCUT2D eigenvalue weighted by Gasteiger charge is 2.22. The highest BCUT2D eigenvalue weighted by Crippen LogP contribution is 2.29. The largest absolute Gasteiger partial charge is 0.365 e. The zero-order valence-electron chi connectivity index (χ0n) is 14.9. The fourth-order valence-corrected chi connectivity index (χ4v) is 2.71. The summed E-state index contributed by atoms with van der Waals surface area (Å²) < 4.78 is 1.77. The molecule has 0 saturated carbocycles. The molecule has 0 radical (unpaired) electrons. The molecule has 6 heteroatoms. The number of primary amides is 1. The molecule has 1 aromatic carbocycles. The van der Waals surface area contributed by atoms with E-state index in [4.69, 9.17) is 5.73 Å². The van der Waals surface area contributed by atoms with E-state index in [-0.39, 0.29) is 5.54 Å². The zero-order chi connectivity index (χ0) is 18.2. The third-order valence-corrected chi connectivity index (χ3v) is 3.77.